The van der Waals surface area contributed by atoms with Crippen LogP contribution >= 0.6 is 0 Å². The number of sulfonamides is 1. The van der Waals surface area contributed by atoms with Crippen molar-refractivity contribution in [3.05, 3.63) is 24.5 Å². The van der Waals surface area contributed by atoms with E-state index in [-0.39, 0.29) is 4.90 Å². The Hall–Kier alpha value is -1.61. The van der Waals surface area contributed by atoms with E-state index in [1.807, 2.05) is 0 Å². The van der Waals surface area contributed by atoms with Crippen LogP contribution in [0.25, 0.3) is 0 Å². The van der Waals surface area contributed by atoms with Crippen molar-refractivity contribution in [3.8, 4) is 0 Å². The third-order valence-electron chi connectivity index (χ3n) is 2.10. The second-order valence-corrected chi connectivity index (χ2v) is 5.39. The Kier molecular flexibility index (Phi) is 4.90. The summed E-state index contributed by atoms with van der Waals surface area (Å²) in [6.45, 7) is -1.20. The van der Waals surface area contributed by atoms with Gasteiger partial charge in [0.25, 0.3) is 5.92 Å². The van der Waals surface area contributed by atoms with E-state index >= 15 is 0 Å². The summed E-state index contributed by atoms with van der Waals surface area (Å²) < 4.78 is 55.6. The quantitative estimate of drug-likeness (QED) is 0.775. The first-order valence-corrected chi connectivity index (χ1v) is 6.59. The molecule has 0 bridgehead atoms. The van der Waals surface area contributed by atoms with Crippen LogP contribution in [0.15, 0.2) is 29.4 Å². The molecule has 0 saturated carbocycles. The molecule has 0 aliphatic heterocycles. The minimum atomic E-state index is -4.08. The fourth-order valence-electron chi connectivity index (χ4n) is 1.14. The van der Waals surface area contributed by atoms with Gasteiger partial charge in [0.15, 0.2) is 0 Å². The molecular formula is C10H12F2N2O4S. The first kappa shape index (κ1) is 15.4. The first-order valence-electron chi connectivity index (χ1n) is 5.11. The summed E-state index contributed by atoms with van der Waals surface area (Å²) in [4.78, 5) is 14.1. The highest BCUT2D eigenvalue weighted by atomic mass is 32.2. The molecule has 0 aliphatic carbocycles. The van der Waals surface area contributed by atoms with E-state index in [9.17, 15) is 22.0 Å². The van der Waals surface area contributed by atoms with Crippen LogP contribution in [0.2, 0.25) is 0 Å². The maximum atomic E-state index is 13.3. The van der Waals surface area contributed by atoms with Gasteiger partial charge in [-0.25, -0.2) is 21.9 Å². The Labute approximate surface area is 108 Å². The second kappa shape index (κ2) is 6.02. The lowest BCUT2D eigenvalue weighted by atomic mass is 10.2. The van der Waals surface area contributed by atoms with Crippen LogP contribution in [0, 0.1) is 0 Å². The molecule has 6 nitrogen and oxygen atoms in total. The third kappa shape index (κ3) is 4.87. The van der Waals surface area contributed by atoms with Crippen LogP contribution in [0.1, 0.15) is 6.42 Å². The molecule has 0 aliphatic rings. The molecular weight excluding hydrogens is 282 g/mol. The van der Waals surface area contributed by atoms with Crippen molar-refractivity contribution in [2.24, 2.45) is 0 Å². The third-order valence-corrected chi connectivity index (χ3v) is 3.48. The number of nitrogens with zero attached hydrogens (tertiary/aromatic N) is 1. The predicted octanol–water partition coefficient (Wildman–Crippen LogP) is 0.558. The standard InChI is InChI=1S/C10H12F2N2O4S/c1-18-9(15)5-10(11,12)7-14-19(16,17)8-3-2-4-13-6-8/h2-4,6,14H,5,7H2,1H3. The molecule has 0 spiro atoms. The molecule has 0 fully saturated rings. The van der Waals surface area contributed by atoms with E-state index in [0.29, 0.717) is 0 Å². The van der Waals surface area contributed by atoms with Crippen LogP contribution in [-0.2, 0) is 19.6 Å². The van der Waals surface area contributed by atoms with Crippen molar-refractivity contribution in [1.82, 2.24) is 9.71 Å². The molecule has 0 radical (unpaired) electrons. The highest BCUT2D eigenvalue weighted by Gasteiger charge is 2.34. The van der Waals surface area contributed by atoms with Gasteiger partial charge < -0.3 is 4.74 Å². The van der Waals surface area contributed by atoms with Gasteiger partial charge in [0, 0.05) is 12.4 Å². The van der Waals surface area contributed by atoms with Crippen LogP contribution in [0.5, 0.6) is 0 Å². The summed E-state index contributed by atoms with van der Waals surface area (Å²) in [6.07, 6.45) is 1.19. The molecule has 19 heavy (non-hydrogen) atoms. The molecule has 1 aromatic rings. The van der Waals surface area contributed by atoms with Gasteiger partial charge in [0.1, 0.15) is 11.3 Å². The summed E-state index contributed by atoms with van der Waals surface area (Å²) in [5, 5.41) is 0. The molecule has 0 amide bonds. The van der Waals surface area contributed by atoms with Crippen LogP contribution < -0.4 is 4.72 Å². The molecule has 0 saturated heterocycles. The monoisotopic (exact) mass is 294 g/mol. The minimum Gasteiger partial charge on any atom is -0.469 e. The van der Waals surface area contributed by atoms with Gasteiger partial charge in [-0.2, -0.15) is 0 Å². The number of halogens is 2. The highest BCUT2D eigenvalue weighted by Crippen LogP contribution is 2.18. The van der Waals surface area contributed by atoms with Crippen molar-refractivity contribution in [2.75, 3.05) is 13.7 Å². The maximum absolute atomic E-state index is 13.3. The van der Waals surface area contributed by atoms with Gasteiger partial charge in [-0.3, -0.25) is 9.78 Å². The van der Waals surface area contributed by atoms with Crippen molar-refractivity contribution in [1.29, 1.82) is 0 Å². The van der Waals surface area contributed by atoms with Gasteiger partial charge in [-0.1, -0.05) is 0 Å². The summed E-state index contributed by atoms with van der Waals surface area (Å²) in [7, 11) is -3.11. The summed E-state index contributed by atoms with van der Waals surface area (Å²) >= 11 is 0. The SMILES string of the molecule is COC(=O)CC(F)(F)CNS(=O)(=O)c1cccnc1. The normalized spacial score (nSPS) is 12.2. The number of carbonyl (C=O) groups excluding carboxylic acids is 1. The number of ether oxygens (including phenoxy) is 1. The van der Waals surface area contributed by atoms with E-state index in [1.54, 1.807) is 4.72 Å². The summed E-state index contributed by atoms with van der Waals surface area (Å²) in [5.41, 5.74) is 0. The fraction of sp³-hybridized carbons (Fsp3) is 0.400. The smallest absolute Gasteiger partial charge is 0.311 e. The molecule has 9 heteroatoms. The average Bonchev–Trinajstić information content (AvgIpc) is 2.37. The fourth-order valence-corrected chi connectivity index (χ4v) is 2.16. The molecule has 1 heterocycles. The molecule has 0 aromatic carbocycles. The first-order chi connectivity index (χ1) is 8.77. The number of pyridine rings is 1. The Morgan fingerprint density at radius 2 is 2.21 bits per heavy atom. The van der Waals surface area contributed by atoms with Gasteiger partial charge in [-0.15, -0.1) is 0 Å². The Bertz CT molecular complexity index is 534. The number of alkyl halides is 2. The van der Waals surface area contributed by atoms with Crippen LogP contribution in [0.3, 0.4) is 0 Å². The van der Waals surface area contributed by atoms with E-state index < -0.39 is 34.9 Å². The lowest BCUT2D eigenvalue weighted by Gasteiger charge is -2.15. The number of esters is 1. The van der Waals surface area contributed by atoms with Gasteiger partial charge in [0.2, 0.25) is 10.0 Å². The minimum absolute atomic E-state index is 0.233. The van der Waals surface area contributed by atoms with E-state index in [2.05, 4.69) is 9.72 Å². The summed E-state index contributed by atoms with van der Waals surface area (Å²) in [5.74, 6) is -4.65. The number of hydrogen-bond donors (Lipinski definition) is 1. The molecule has 1 rings (SSSR count). The molecule has 1 N–H and O–H groups in total. The zero-order valence-electron chi connectivity index (χ0n) is 9.97. The van der Waals surface area contributed by atoms with Crippen molar-refractivity contribution in [3.63, 3.8) is 0 Å². The zero-order valence-corrected chi connectivity index (χ0v) is 10.8. The summed E-state index contributed by atoms with van der Waals surface area (Å²) in [6, 6.07) is 2.58. The predicted molar refractivity (Wildman–Crippen MR) is 61.0 cm³/mol. The van der Waals surface area contributed by atoms with Crippen LogP contribution in [-0.4, -0.2) is 38.9 Å². The average molecular weight is 294 g/mol. The van der Waals surface area contributed by atoms with Crippen molar-refractivity contribution in [2.45, 2.75) is 17.2 Å². The van der Waals surface area contributed by atoms with Crippen LogP contribution in [0.4, 0.5) is 8.78 Å². The number of carbonyl (C=O) groups is 1. The van der Waals surface area contributed by atoms with Gasteiger partial charge in [-0.05, 0) is 12.1 Å². The molecule has 0 unspecified atom stereocenters. The Morgan fingerprint density at radius 3 is 2.74 bits per heavy atom. The van der Waals surface area contributed by atoms with E-state index in [1.165, 1.54) is 18.3 Å². The number of rotatable bonds is 6. The highest BCUT2D eigenvalue weighted by molar-refractivity contribution is 7.89. The number of hydrogen-bond acceptors (Lipinski definition) is 5. The molecule has 0 atom stereocenters. The lowest BCUT2D eigenvalue weighted by molar-refractivity contribution is -0.148. The van der Waals surface area contributed by atoms with Crippen molar-refractivity contribution >= 4 is 16.0 Å². The zero-order chi connectivity index (χ0) is 14.5. The Balaban J connectivity index is 2.68. The van der Waals surface area contributed by atoms with Crippen molar-refractivity contribution < 1.29 is 26.7 Å². The Morgan fingerprint density at radius 1 is 1.53 bits per heavy atom. The lowest BCUT2D eigenvalue weighted by Crippen LogP contribution is -2.38. The largest absolute Gasteiger partial charge is 0.469 e. The topological polar surface area (TPSA) is 85.4 Å². The number of methoxy groups -OCH3 is 1. The number of aromatic nitrogens is 1. The molecule has 1 aromatic heterocycles. The van der Waals surface area contributed by atoms with Gasteiger partial charge >= 0.3 is 5.97 Å². The number of nitrogens with one attached hydrogen (secondary N) is 1. The maximum Gasteiger partial charge on any atom is 0.311 e. The second-order valence-electron chi connectivity index (χ2n) is 3.62. The van der Waals surface area contributed by atoms with Gasteiger partial charge in [0.05, 0.1) is 13.7 Å². The van der Waals surface area contributed by atoms with E-state index in [4.69, 9.17) is 0 Å². The van der Waals surface area contributed by atoms with E-state index in [0.717, 1.165) is 13.3 Å². The molecule has 106 valence electrons.